The molecule has 4 rings (SSSR count). The van der Waals surface area contributed by atoms with E-state index in [-0.39, 0.29) is 17.6 Å². The molecule has 7 nitrogen and oxygen atoms in total. The zero-order valence-corrected chi connectivity index (χ0v) is 17.6. The molecule has 1 atom stereocenters. The minimum atomic E-state index is -0.530. The Morgan fingerprint density at radius 2 is 2.29 bits per heavy atom. The number of pyridine rings is 1. The molecule has 0 aromatic carbocycles. The number of terminal acetylenes is 1. The van der Waals surface area contributed by atoms with Crippen molar-refractivity contribution in [2.24, 2.45) is 5.92 Å². The standard InChI is InChI=1S/C22H22ClFN6O/c1-2-3-6-19(31)30-7-4-5-14(13-30)9-25-22-18(24)12-28-21(29-22)17-11-27-20-16(17)8-15(23)10-26-20/h1,8,10-12,14H,3-7,9,13H2,(H,26,27)(H,25,28,29). The number of likely N-dealkylation sites (tertiary alicyclic amines) is 1. The highest BCUT2D eigenvalue weighted by Gasteiger charge is 2.23. The van der Waals surface area contributed by atoms with Gasteiger partial charge in [-0.1, -0.05) is 11.6 Å². The summed E-state index contributed by atoms with van der Waals surface area (Å²) in [7, 11) is 0. The SMILES string of the molecule is C#CCCC(=O)N1CCCC(CNc2nc(-c3c[nH]c4ncc(Cl)cc34)ncc2F)C1. The zero-order valence-electron chi connectivity index (χ0n) is 16.9. The number of nitrogens with zero attached hydrogens (tertiary/aromatic N) is 4. The number of hydrogen-bond acceptors (Lipinski definition) is 5. The third-order valence-corrected chi connectivity index (χ3v) is 5.60. The van der Waals surface area contributed by atoms with Gasteiger partial charge in [0, 0.05) is 55.8 Å². The van der Waals surface area contributed by atoms with Crippen LogP contribution in [0.5, 0.6) is 0 Å². The Labute approximate surface area is 184 Å². The number of aromatic nitrogens is 4. The van der Waals surface area contributed by atoms with E-state index in [2.05, 4.69) is 31.2 Å². The summed E-state index contributed by atoms with van der Waals surface area (Å²) in [5.41, 5.74) is 1.34. The van der Waals surface area contributed by atoms with E-state index >= 15 is 0 Å². The molecule has 4 heterocycles. The normalized spacial score (nSPS) is 16.3. The van der Waals surface area contributed by atoms with E-state index in [0.29, 0.717) is 48.0 Å². The number of nitrogens with one attached hydrogen (secondary N) is 2. The van der Waals surface area contributed by atoms with Crippen LogP contribution in [0.2, 0.25) is 5.02 Å². The average Bonchev–Trinajstić information content (AvgIpc) is 3.20. The first-order valence-corrected chi connectivity index (χ1v) is 10.5. The molecule has 31 heavy (non-hydrogen) atoms. The predicted molar refractivity (Wildman–Crippen MR) is 118 cm³/mol. The highest BCUT2D eigenvalue weighted by molar-refractivity contribution is 6.31. The summed E-state index contributed by atoms with van der Waals surface area (Å²) >= 11 is 6.06. The topological polar surface area (TPSA) is 86.8 Å². The minimum Gasteiger partial charge on any atom is -0.367 e. The van der Waals surface area contributed by atoms with Crippen molar-refractivity contribution in [3.05, 3.63) is 35.5 Å². The van der Waals surface area contributed by atoms with Crippen LogP contribution in [0.15, 0.2) is 24.7 Å². The summed E-state index contributed by atoms with van der Waals surface area (Å²) in [5.74, 6) is 2.75. The third-order valence-electron chi connectivity index (χ3n) is 5.40. The predicted octanol–water partition coefficient (Wildman–Crippen LogP) is 3.88. The number of fused-ring (bicyclic) bond motifs is 1. The zero-order chi connectivity index (χ0) is 21.8. The Bertz CT molecular complexity index is 1140. The molecule has 0 aliphatic carbocycles. The van der Waals surface area contributed by atoms with Crippen molar-refractivity contribution < 1.29 is 9.18 Å². The van der Waals surface area contributed by atoms with Crippen LogP contribution < -0.4 is 5.32 Å². The number of hydrogen-bond donors (Lipinski definition) is 2. The van der Waals surface area contributed by atoms with E-state index in [0.717, 1.165) is 31.0 Å². The fourth-order valence-corrected chi connectivity index (χ4v) is 3.98. The van der Waals surface area contributed by atoms with Crippen molar-refractivity contribution in [3.63, 3.8) is 0 Å². The summed E-state index contributed by atoms with van der Waals surface area (Å²) in [4.78, 5) is 29.9. The summed E-state index contributed by atoms with van der Waals surface area (Å²) < 4.78 is 14.4. The average molecular weight is 441 g/mol. The van der Waals surface area contributed by atoms with Crippen molar-refractivity contribution in [2.75, 3.05) is 25.0 Å². The van der Waals surface area contributed by atoms with Gasteiger partial charge >= 0.3 is 0 Å². The molecule has 9 heteroatoms. The Balaban J connectivity index is 1.46. The van der Waals surface area contributed by atoms with Gasteiger partial charge in [-0.2, -0.15) is 0 Å². The number of halogens is 2. The molecule has 1 fully saturated rings. The number of H-pyrrole nitrogens is 1. The van der Waals surface area contributed by atoms with Crippen LogP contribution in [-0.4, -0.2) is 50.4 Å². The minimum absolute atomic E-state index is 0.0739. The van der Waals surface area contributed by atoms with Gasteiger partial charge in [0.25, 0.3) is 0 Å². The van der Waals surface area contributed by atoms with Crippen molar-refractivity contribution in [3.8, 4) is 23.7 Å². The lowest BCUT2D eigenvalue weighted by Gasteiger charge is -2.33. The maximum absolute atomic E-state index is 14.4. The Morgan fingerprint density at radius 3 is 3.13 bits per heavy atom. The Kier molecular flexibility index (Phi) is 6.33. The van der Waals surface area contributed by atoms with Gasteiger partial charge in [-0.05, 0) is 24.8 Å². The van der Waals surface area contributed by atoms with Crippen LogP contribution in [0, 0.1) is 24.1 Å². The highest BCUT2D eigenvalue weighted by atomic mass is 35.5. The van der Waals surface area contributed by atoms with Crippen LogP contribution in [-0.2, 0) is 4.79 Å². The van der Waals surface area contributed by atoms with Gasteiger partial charge in [0.15, 0.2) is 17.5 Å². The molecule has 160 valence electrons. The quantitative estimate of drug-likeness (QED) is 0.568. The van der Waals surface area contributed by atoms with Gasteiger partial charge in [-0.25, -0.2) is 19.3 Å². The van der Waals surface area contributed by atoms with E-state index in [4.69, 9.17) is 18.0 Å². The van der Waals surface area contributed by atoms with Crippen LogP contribution in [0.4, 0.5) is 10.2 Å². The smallest absolute Gasteiger partial charge is 0.223 e. The first-order valence-electron chi connectivity index (χ1n) is 10.2. The van der Waals surface area contributed by atoms with Gasteiger partial charge in [0.1, 0.15) is 5.65 Å². The lowest BCUT2D eigenvalue weighted by Crippen LogP contribution is -2.41. The second-order valence-electron chi connectivity index (χ2n) is 7.58. The van der Waals surface area contributed by atoms with Gasteiger partial charge in [0.05, 0.1) is 11.2 Å². The Morgan fingerprint density at radius 1 is 1.42 bits per heavy atom. The number of carbonyl (C=O) groups is 1. The van der Waals surface area contributed by atoms with Crippen molar-refractivity contribution in [1.82, 2.24) is 24.8 Å². The highest BCUT2D eigenvalue weighted by Crippen LogP contribution is 2.28. The van der Waals surface area contributed by atoms with Crippen molar-refractivity contribution >= 4 is 34.4 Å². The molecule has 1 amide bonds. The maximum atomic E-state index is 14.4. The van der Waals surface area contributed by atoms with Gasteiger partial charge in [-0.3, -0.25) is 4.79 Å². The number of piperidine rings is 1. The van der Waals surface area contributed by atoms with Gasteiger partial charge < -0.3 is 15.2 Å². The molecule has 1 unspecified atom stereocenters. The van der Waals surface area contributed by atoms with E-state index in [9.17, 15) is 9.18 Å². The van der Waals surface area contributed by atoms with Gasteiger partial charge in [-0.15, -0.1) is 12.3 Å². The molecule has 0 radical (unpaired) electrons. The summed E-state index contributed by atoms with van der Waals surface area (Å²) in [6.07, 6.45) is 12.4. The van der Waals surface area contributed by atoms with Crippen LogP contribution in [0.1, 0.15) is 25.7 Å². The number of amides is 1. The number of rotatable bonds is 6. The summed E-state index contributed by atoms with van der Waals surface area (Å²) in [6, 6.07) is 1.77. The molecule has 1 saturated heterocycles. The largest absolute Gasteiger partial charge is 0.367 e. The second kappa shape index (κ2) is 9.31. The summed E-state index contributed by atoms with van der Waals surface area (Å²) in [6.45, 7) is 1.87. The second-order valence-corrected chi connectivity index (χ2v) is 8.01. The number of anilines is 1. The van der Waals surface area contributed by atoms with Crippen LogP contribution in [0.25, 0.3) is 22.4 Å². The van der Waals surface area contributed by atoms with E-state index < -0.39 is 5.82 Å². The maximum Gasteiger partial charge on any atom is 0.223 e. The molecule has 0 spiro atoms. The monoisotopic (exact) mass is 440 g/mol. The lowest BCUT2D eigenvalue weighted by molar-refractivity contribution is -0.132. The molecule has 0 bridgehead atoms. The van der Waals surface area contributed by atoms with Crippen LogP contribution in [0.3, 0.4) is 0 Å². The number of carbonyl (C=O) groups excluding carboxylic acids is 1. The molecule has 2 N–H and O–H groups in total. The van der Waals surface area contributed by atoms with Gasteiger partial charge in [0.2, 0.25) is 5.91 Å². The summed E-state index contributed by atoms with van der Waals surface area (Å²) in [5, 5.41) is 4.35. The molecule has 3 aromatic rings. The fourth-order valence-electron chi connectivity index (χ4n) is 3.82. The number of aromatic amines is 1. The molecular weight excluding hydrogens is 419 g/mol. The first-order chi connectivity index (χ1) is 15.0. The Hall–Kier alpha value is -3.18. The lowest BCUT2D eigenvalue weighted by atomic mass is 9.97. The van der Waals surface area contributed by atoms with E-state index in [1.807, 2.05) is 4.90 Å². The fraction of sp³-hybridized carbons (Fsp3) is 0.364. The molecule has 1 aliphatic rings. The first kappa shape index (κ1) is 21.1. The molecule has 3 aromatic heterocycles. The van der Waals surface area contributed by atoms with E-state index in [1.54, 1.807) is 18.5 Å². The third kappa shape index (κ3) is 4.78. The van der Waals surface area contributed by atoms with Crippen molar-refractivity contribution in [1.29, 1.82) is 0 Å². The van der Waals surface area contributed by atoms with Crippen molar-refractivity contribution in [2.45, 2.75) is 25.7 Å². The van der Waals surface area contributed by atoms with E-state index in [1.165, 1.54) is 0 Å². The van der Waals surface area contributed by atoms with Crippen LogP contribution >= 0.6 is 11.6 Å². The molecular formula is C22H22ClFN6O. The molecule has 1 aliphatic heterocycles. The molecule has 0 saturated carbocycles.